The molecule has 2 aromatic rings. The minimum absolute atomic E-state index is 0. The Balaban J connectivity index is 0.00000147. The Labute approximate surface area is 126 Å². The number of piperazine rings is 1. The van der Waals surface area contributed by atoms with Crippen LogP contribution < -0.4 is 5.32 Å². The molecule has 108 valence electrons. The number of nitrogens with zero attached hydrogens (tertiary/aromatic N) is 3. The molecule has 0 radical (unpaired) electrons. The summed E-state index contributed by atoms with van der Waals surface area (Å²) in [4.78, 5) is 6.97. The van der Waals surface area contributed by atoms with Crippen LogP contribution in [0.3, 0.4) is 0 Å². The molecular formula is C15H21ClN4. The molecule has 2 heterocycles. The molecule has 0 bridgehead atoms. The molecular weight excluding hydrogens is 272 g/mol. The molecule has 0 amide bonds. The first-order valence-electron chi connectivity index (χ1n) is 6.86. The summed E-state index contributed by atoms with van der Waals surface area (Å²) in [6.45, 7) is 6.38. The summed E-state index contributed by atoms with van der Waals surface area (Å²) in [5.74, 6) is 1.11. The minimum Gasteiger partial charge on any atom is -0.312 e. The van der Waals surface area contributed by atoms with Gasteiger partial charge in [0.25, 0.3) is 0 Å². The molecule has 1 N–H and O–H groups in total. The molecule has 0 saturated carbocycles. The Hall–Kier alpha value is -1.36. The first kappa shape index (κ1) is 15.0. The normalized spacial score (nSPS) is 19.6. The number of aromatic nitrogens is 2. The van der Waals surface area contributed by atoms with Gasteiger partial charge in [0.05, 0.1) is 6.54 Å². The molecule has 1 aromatic heterocycles. The second-order valence-corrected chi connectivity index (χ2v) is 5.14. The van der Waals surface area contributed by atoms with E-state index in [-0.39, 0.29) is 12.4 Å². The zero-order valence-electron chi connectivity index (χ0n) is 11.7. The van der Waals surface area contributed by atoms with Gasteiger partial charge in [0.15, 0.2) is 0 Å². The quantitative estimate of drug-likeness (QED) is 0.940. The lowest BCUT2D eigenvalue weighted by Crippen LogP contribution is -2.48. The Morgan fingerprint density at radius 1 is 1.30 bits per heavy atom. The number of imidazole rings is 1. The smallest absolute Gasteiger partial charge is 0.127 e. The van der Waals surface area contributed by atoms with E-state index in [4.69, 9.17) is 0 Å². The van der Waals surface area contributed by atoms with Gasteiger partial charge in [-0.3, -0.25) is 4.90 Å². The van der Waals surface area contributed by atoms with E-state index in [0.717, 1.165) is 32.0 Å². The monoisotopic (exact) mass is 292 g/mol. The van der Waals surface area contributed by atoms with Crippen molar-refractivity contribution >= 4 is 12.4 Å². The van der Waals surface area contributed by atoms with Gasteiger partial charge in [0, 0.05) is 43.8 Å². The van der Waals surface area contributed by atoms with Crippen LogP contribution in [0.15, 0.2) is 42.7 Å². The highest BCUT2D eigenvalue weighted by Gasteiger charge is 2.17. The molecule has 1 aliphatic rings. The van der Waals surface area contributed by atoms with Gasteiger partial charge < -0.3 is 9.88 Å². The fourth-order valence-corrected chi connectivity index (χ4v) is 2.63. The maximum atomic E-state index is 4.51. The molecule has 3 rings (SSSR count). The fraction of sp³-hybridized carbons (Fsp3) is 0.400. The van der Waals surface area contributed by atoms with Gasteiger partial charge in [-0.15, -0.1) is 12.4 Å². The van der Waals surface area contributed by atoms with Crippen LogP contribution in [0.2, 0.25) is 0 Å². The summed E-state index contributed by atoms with van der Waals surface area (Å²) in [7, 11) is 0. The lowest BCUT2D eigenvalue weighted by Gasteiger charge is -2.31. The standard InChI is InChI=1S/C15H20N4.ClH/c1-13-11-18(9-7-16-13)12-15-17-8-10-19(15)14-5-3-2-4-6-14;/h2-6,8,10,13,16H,7,9,11-12H2,1H3;1H/t13-;/m1./s1. The molecule has 1 fully saturated rings. The topological polar surface area (TPSA) is 33.1 Å². The van der Waals surface area contributed by atoms with Gasteiger partial charge in [-0.25, -0.2) is 4.98 Å². The van der Waals surface area contributed by atoms with Crippen molar-refractivity contribution in [3.63, 3.8) is 0 Å². The van der Waals surface area contributed by atoms with Crippen molar-refractivity contribution in [3.8, 4) is 5.69 Å². The van der Waals surface area contributed by atoms with Crippen LogP contribution in [0.5, 0.6) is 0 Å². The molecule has 0 unspecified atom stereocenters. The molecule has 0 aliphatic carbocycles. The molecule has 1 saturated heterocycles. The molecule has 1 aliphatic heterocycles. The van der Waals surface area contributed by atoms with Crippen LogP contribution in [-0.4, -0.2) is 40.1 Å². The predicted molar refractivity (Wildman–Crippen MR) is 83.6 cm³/mol. The second kappa shape index (κ2) is 6.88. The van der Waals surface area contributed by atoms with Crippen LogP contribution in [-0.2, 0) is 6.54 Å². The highest BCUT2D eigenvalue weighted by molar-refractivity contribution is 5.85. The van der Waals surface area contributed by atoms with E-state index in [1.54, 1.807) is 0 Å². The number of nitrogens with one attached hydrogen (secondary N) is 1. The van der Waals surface area contributed by atoms with Gasteiger partial charge in [-0.2, -0.15) is 0 Å². The van der Waals surface area contributed by atoms with Crippen molar-refractivity contribution in [2.45, 2.75) is 19.5 Å². The predicted octanol–water partition coefficient (Wildman–Crippen LogP) is 2.09. The number of hydrogen-bond donors (Lipinski definition) is 1. The number of hydrogen-bond acceptors (Lipinski definition) is 3. The van der Waals surface area contributed by atoms with Gasteiger partial charge in [0.1, 0.15) is 5.82 Å². The lowest BCUT2D eigenvalue weighted by molar-refractivity contribution is 0.194. The van der Waals surface area contributed by atoms with Crippen molar-refractivity contribution in [3.05, 3.63) is 48.5 Å². The summed E-state index contributed by atoms with van der Waals surface area (Å²) >= 11 is 0. The van der Waals surface area contributed by atoms with Crippen LogP contribution in [0.1, 0.15) is 12.7 Å². The molecule has 20 heavy (non-hydrogen) atoms. The van der Waals surface area contributed by atoms with Crippen LogP contribution >= 0.6 is 12.4 Å². The maximum absolute atomic E-state index is 4.51. The summed E-state index contributed by atoms with van der Waals surface area (Å²) in [5.41, 5.74) is 1.18. The van der Waals surface area contributed by atoms with Crippen molar-refractivity contribution in [1.82, 2.24) is 19.8 Å². The Kier molecular flexibility index (Phi) is 5.17. The van der Waals surface area contributed by atoms with Crippen molar-refractivity contribution in [2.75, 3.05) is 19.6 Å². The Morgan fingerprint density at radius 3 is 2.85 bits per heavy atom. The lowest BCUT2D eigenvalue weighted by atomic mass is 10.2. The fourth-order valence-electron chi connectivity index (χ4n) is 2.63. The van der Waals surface area contributed by atoms with Gasteiger partial charge >= 0.3 is 0 Å². The number of rotatable bonds is 3. The van der Waals surface area contributed by atoms with Crippen LogP contribution in [0.25, 0.3) is 5.69 Å². The summed E-state index contributed by atoms with van der Waals surface area (Å²) in [5, 5.41) is 3.47. The van der Waals surface area contributed by atoms with Crippen molar-refractivity contribution in [2.24, 2.45) is 0 Å². The summed E-state index contributed by atoms with van der Waals surface area (Å²) in [6.07, 6.45) is 3.92. The molecule has 0 spiro atoms. The Bertz CT molecular complexity index is 526. The van der Waals surface area contributed by atoms with Gasteiger partial charge in [-0.05, 0) is 19.1 Å². The minimum atomic E-state index is 0. The third-order valence-corrected chi connectivity index (χ3v) is 3.57. The van der Waals surface area contributed by atoms with E-state index in [2.05, 4.69) is 51.0 Å². The average Bonchev–Trinajstić information content (AvgIpc) is 2.88. The molecule has 1 atom stereocenters. The van der Waals surface area contributed by atoms with Crippen molar-refractivity contribution in [1.29, 1.82) is 0 Å². The van der Waals surface area contributed by atoms with E-state index in [1.165, 1.54) is 5.69 Å². The second-order valence-electron chi connectivity index (χ2n) is 5.14. The van der Waals surface area contributed by atoms with E-state index < -0.39 is 0 Å². The number of halogens is 1. The SMILES string of the molecule is C[C@@H]1CN(Cc2nccn2-c2ccccc2)CCN1.Cl. The third kappa shape index (κ3) is 3.39. The summed E-state index contributed by atoms with van der Waals surface area (Å²) < 4.78 is 2.17. The van der Waals surface area contributed by atoms with Gasteiger partial charge in [0.2, 0.25) is 0 Å². The number of para-hydroxylation sites is 1. The highest BCUT2D eigenvalue weighted by atomic mass is 35.5. The first-order valence-corrected chi connectivity index (χ1v) is 6.86. The highest BCUT2D eigenvalue weighted by Crippen LogP contribution is 2.12. The zero-order chi connectivity index (χ0) is 13.1. The summed E-state index contributed by atoms with van der Waals surface area (Å²) in [6, 6.07) is 11.0. The number of benzene rings is 1. The van der Waals surface area contributed by atoms with E-state index in [0.29, 0.717) is 6.04 Å². The third-order valence-electron chi connectivity index (χ3n) is 3.57. The average molecular weight is 293 g/mol. The zero-order valence-corrected chi connectivity index (χ0v) is 12.5. The van der Waals surface area contributed by atoms with Crippen molar-refractivity contribution < 1.29 is 0 Å². The van der Waals surface area contributed by atoms with E-state index in [9.17, 15) is 0 Å². The molecule has 1 aromatic carbocycles. The van der Waals surface area contributed by atoms with Gasteiger partial charge in [-0.1, -0.05) is 18.2 Å². The Morgan fingerprint density at radius 2 is 2.10 bits per heavy atom. The molecule has 4 nitrogen and oxygen atoms in total. The largest absolute Gasteiger partial charge is 0.312 e. The van der Waals surface area contributed by atoms with Crippen LogP contribution in [0.4, 0.5) is 0 Å². The first-order chi connectivity index (χ1) is 9.33. The van der Waals surface area contributed by atoms with E-state index in [1.807, 2.05) is 18.5 Å². The van der Waals surface area contributed by atoms with Crippen LogP contribution in [0, 0.1) is 0 Å². The molecule has 5 heteroatoms. The van der Waals surface area contributed by atoms with E-state index >= 15 is 0 Å². The maximum Gasteiger partial charge on any atom is 0.127 e.